The van der Waals surface area contributed by atoms with Gasteiger partial charge in [-0.3, -0.25) is 4.79 Å². The SMILES string of the molecule is CCOC(=O)Cc1csc(CSc2ccc(Br)cc2)n1. The molecule has 0 unspecified atom stereocenters. The van der Waals surface area contributed by atoms with Crippen molar-refractivity contribution in [1.82, 2.24) is 4.98 Å². The van der Waals surface area contributed by atoms with Gasteiger partial charge in [-0.1, -0.05) is 15.9 Å². The van der Waals surface area contributed by atoms with Crippen LogP contribution in [0.1, 0.15) is 17.6 Å². The predicted octanol–water partition coefficient (Wildman–Crippen LogP) is 4.30. The Hall–Kier alpha value is -0.850. The molecule has 20 heavy (non-hydrogen) atoms. The molecule has 1 aromatic heterocycles. The number of benzene rings is 1. The number of halogens is 1. The monoisotopic (exact) mass is 371 g/mol. The van der Waals surface area contributed by atoms with E-state index in [4.69, 9.17) is 4.74 Å². The van der Waals surface area contributed by atoms with Crippen LogP contribution in [0.2, 0.25) is 0 Å². The van der Waals surface area contributed by atoms with E-state index in [1.54, 1.807) is 30.0 Å². The molecule has 0 N–H and O–H groups in total. The predicted molar refractivity (Wildman–Crippen MR) is 86.2 cm³/mol. The summed E-state index contributed by atoms with van der Waals surface area (Å²) in [6, 6.07) is 8.19. The fourth-order valence-corrected chi connectivity index (χ4v) is 3.51. The van der Waals surface area contributed by atoms with Gasteiger partial charge in [0.15, 0.2) is 0 Å². The number of rotatable bonds is 6. The molecule has 106 valence electrons. The zero-order valence-electron chi connectivity index (χ0n) is 11.0. The lowest BCUT2D eigenvalue weighted by molar-refractivity contribution is -0.142. The molecule has 0 radical (unpaired) electrons. The molecule has 1 heterocycles. The second-order valence-electron chi connectivity index (χ2n) is 3.96. The van der Waals surface area contributed by atoms with Crippen LogP contribution in [-0.4, -0.2) is 17.6 Å². The lowest BCUT2D eigenvalue weighted by Crippen LogP contribution is -2.07. The van der Waals surface area contributed by atoms with E-state index in [-0.39, 0.29) is 12.4 Å². The number of thioether (sulfide) groups is 1. The summed E-state index contributed by atoms with van der Waals surface area (Å²) in [5.74, 6) is 0.597. The van der Waals surface area contributed by atoms with Crippen molar-refractivity contribution in [3.05, 3.63) is 44.8 Å². The summed E-state index contributed by atoms with van der Waals surface area (Å²) >= 11 is 6.74. The molecule has 3 nitrogen and oxygen atoms in total. The summed E-state index contributed by atoms with van der Waals surface area (Å²) in [5.41, 5.74) is 0.792. The average Bonchev–Trinajstić information content (AvgIpc) is 2.86. The smallest absolute Gasteiger partial charge is 0.311 e. The number of thiazole rings is 1. The van der Waals surface area contributed by atoms with Gasteiger partial charge >= 0.3 is 5.97 Å². The van der Waals surface area contributed by atoms with Crippen molar-refractivity contribution in [1.29, 1.82) is 0 Å². The molecule has 1 aromatic carbocycles. The largest absolute Gasteiger partial charge is 0.466 e. The number of hydrogen-bond acceptors (Lipinski definition) is 5. The first-order valence-electron chi connectivity index (χ1n) is 6.14. The zero-order valence-corrected chi connectivity index (χ0v) is 14.2. The van der Waals surface area contributed by atoms with Gasteiger partial charge in [0.25, 0.3) is 0 Å². The third kappa shape index (κ3) is 4.92. The van der Waals surface area contributed by atoms with Crippen LogP contribution in [0.5, 0.6) is 0 Å². The number of ether oxygens (including phenoxy) is 1. The summed E-state index contributed by atoms with van der Waals surface area (Å²) in [6.07, 6.45) is 0.257. The highest BCUT2D eigenvalue weighted by Gasteiger charge is 2.08. The van der Waals surface area contributed by atoms with Crippen LogP contribution in [0, 0.1) is 0 Å². The maximum absolute atomic E-state index is 11.4. The number of aromatic nitrogens is 1. The molecule has 0 spiro atoms. The van der Waals surface area contributed by atoms with Gasteiger partial charge in [0.2, 0.25) is 0 Å². The van der Waals surface area contributed by atoms with Crippen LogP contribution < -0.4 is 0 Å². The Morgan fingerprint density at radius 2 is 2.15 bits per heavy atom. The Morgan fingerprint density at radius 1 is 1.40 bits per heavy atom. The second kappa shape index (κ2) is 7.81. The number of carbonyl (C=O) groups is 1. The van der Waals surface area contributed by atoms with E-state index in [1.807, 2.05) is 17.5 Å². The van der Waals surface area contributed by atoms with E-state index in [1.165, 1.54) is 4.90 Å². The van der Waals surface area contributed by atoms with Crippen LogP contribution in [0.25, 0.3) is 0 Å². The van der Waals surface area contributed by atoms with Gasteiger partial charge in [-0.2, -0.15) is 0 Å². The molecule has 2 rings (SSSR count). The van der Waals surface area contributed by atoms with Crippen molar-refractivity contribution >= 4 is 45.0 Å². The molecule has 0 fully saturated rings. The highest BCUT2D eigenvalue weighted by atomic mass is 79.9. The lowest BCUT2D eigenvalue weighted by atomic mass is 10.3. The van der Waals surface area contributed by atoms with Crippen molar-refractivity contribution < 1.29 is 9.53 Å². The Balaban J connectivity index is 1.86. The minimum Gasteiger partial charge on any atom is -0.466 e. The Kier molecular flexibility index (Phi) is 6.06. The van der Waals surface area contributed by atoms with Gasteiger partial charge in [-0.05, 0) is 31.2 Å². The summed E-state index contributed by atoms with van der Waals surface area (Å²) < 4.78 is 5.99. The molecule has 0 saturated heterocycles. The van der Waals surface area contributed by atoms with Crippen molar-refractivity contribution in [2.24, 2.45) is 0 Å². The van der Waals surface area contributed by atoms with Gasteiger partial charge in [-0.15, -0.1) is 23.1 Å². The molecule has 6 heteroatoms. The number of nitrogens with zero attached hydrogens (tertiary/aromatic N) is 1. The summed E-state index contributed by atoms with van der Waals surface area (Å²) in [4.78, 5) is 17.0. The molecule has 0 amide bonds. The van der Waals surface area contributed by atoms with E-state index in [2.05, 4.69) is 33.0 Å². The van der Waals surface area contributed by atoms with Gasteiger partial charge in [-0.25, -0.2) is 4.98 Å². The Labute approximate surface area is 134 Å². The molecule has 0 saturated carbocycles. The van der Waals surface area contributed by atoms with E-state index in [9.17, 15) is 4.79 Å². The topological polar surface area (TPSA) is 39.2 Å². The number of hydrogen-bond donors (Lipinski definition) is 0. The highest BCUT2D eigenvalue weighted by molar-refractivity contribution is 9.10. The maximum atomic E-state index is 11.4. The van der Waals surface area contributed by atoms with E-state index >= 15 is 0 Å². The fraction of sp³-hybridized carbons (Fsp3) is 0.286. The standard InChI is InChI=1S/C14H14BrNO2S2/c1-2-18-14(17)7-11-8-20-13(16-11)9-19-12-5-3-10(15)4-6-12/h3-6,8H,2,7,9H2,1H3. The second-order valence-corrected chi connectivity index (χ2v) is 6.86. The molecule has 0 bridgehead atoms. The first-order valence-corrected chi connectivity index (χ1v) is 8.80. The van der Waals surface area contributed by atoms with Crippen molar-refractivity contribution in [2.45, 2.75) is 24.0 Å². The fourth-order valence-electron chi connectivity index (χ4n) is 1.53. The van der Waals surface area contributed by atoms with Gasteiger partial charge in [0, 0.05) is 14.7 Å². The van der Waals surface area contributed by atoms with E-state index < -0.39 is 0 Å². The van der Waals surface area contributed by atoms with Crippen molar-refractivity contribution in [3.63, 3.8) is 0 Å². The van der Waals surface area contributed by atoms with Crippen LogP contribution >= 0.6 is 39.0 Å². The van der Waals surface area contributed by atoms with Crippen LogP contribution in [0.4, 0.5) is 0 Å². The normalized spacial score (nSPS) is 10.5. The average molecular weight is 372 g/mol. The van der Waals surface area contributed by atoms with E-state index in [0.29, 0.717) is 6.61 Å². The minimum atomic E-state index is -0.218. The summed E-state index contributed by atoms with van der Waals surface area (Å²) in [6.45, 7) is 2.22. The van der Waals surface area contributed by atoms with E-state index in [0.717, 1.165) is 20.9 Å². The van der Waals surface area contributed by atoms with Crippen molar-refractivity contribution in [3.8, 4) is 0 Å². The maximum Gasteiger partial charge on any atom is 0.311 e. The molecule has 0 aliphatic carbocycles. The van der Waals surface area contributed by atoms with Crippen LogP contribution in [0.15, 0.2) is 39.0 Å². The molecule has 2 aromatic rings. The first kappa shape index (κ1) is 15.5. The lowest BCUT2D eigenvalue weighted by Gasteiger charge is -1.99. The van der Waals surface area contributed by atoms with Crippen LogP contribution in [-0.2, 0) is 21.7 Å². The summed E-state index contributed by atoms with van der Waals surface area (Å²) in [7, 11) is 0. The van der Waals surface area contributed by atoms with Crippen molar-refractivity contribution in [2.75, 3.05) is 6.61 Å². The molecular formula is C14H14BrNO2S2. The van der Waals surface area contributed by atoms with Gasteiger partial charge < -0.3 is 4.74 Å². The zero-order chi connectivity index (χ0) is 14.4. The summed E-state index contributed by atoms with van der Waals surface area (Å²) in [5, 5.41) is 2.95. The minimum absolute atomic E-state index is 0.218. The number of esters is 1. The number of carbonyl (C=O) groups excluding carboxylic acids is 1. The Morgan fingerprint density at radius 3 is 2.85 bits per heavy atom. The highest BCUT2D eigenvalue weighted by Crippen LogP contribution is 2.25. The van der Waals surface area contributed by atoms with Crippen LogP contribution in [0.3, 0.4) is 0 Å². The van der Waals surface area contributed by atoms with Gasteiger partial charge in [0.1, 0.15) is 5.01 Å². The molecule has 0 atom stereocenters. The van der Waals surface area contributed by atoms with Gasteiger partial charge in [0.05, 0.1) is 24.5 Å². The molecule has 0 aliphatic heterocycles. The third-order valence-electron chi connectivity index (χ3n) is 2.41. The quantitative estimate of drug-likeness (QED) is 0.560. The Bertz CT molecular complexity index is 569. The first-order chi connectivity index (χ1) is 9.67. The third-order valence-corrected chi connectivity index (χ3v) is 5.04. The molecular weight excluding hydrogens is 358 g/mol. The molecule has 0 aliphatic rings.